The number of hydrogen-bond donors (Lipinski definition) is 0. The van der Waals surface area contributed by atoms with E-state index in [2.05, 4.69) is 11.6 Å². The second-order valence-electron chi connectivity index (χ2n) is 5.09. The van der Waals surface area contributed by atoms with Crippen LogP contribution in [0.5, 0.6) is 0 Å². The zero-order chi connectivity index (χ0) is 18.0. The molecule has 1 amide bonds. The molecule has 1 aromatic heterocycles. The topological polar surface area (TPSA) is 77.5 Å². The van der Waals surface area contributed by atoms with Gasteiger partial charge in [0.25, 0.3) is 11.6 Å². The summed E-state index contributed by atoms with van der Waals surface area (Å²) in [6.07, 6.45) is 1.67. The minimum Gasteiger partial charge on any atom is -0.312 e. The molecule has 0 aliphatic heterocycles. The quantitative estimate of drug-likeness (QED) is 0.391. The molecule has 0 N–H and O–H groups in total. The lowest BCUT2D eigenvalue weighted by atomic mass is 10.2. The van der Waals surface area contributed by atoms with Crippen LogP contribution in [0.15, 0.2) is 60.1 Å². The van der Waals surface area contributed by atoms with Crippen LogP contribution >= 0.6 is 22.9 Å². The lowest BCUT2D eigenvalue weighted by molar-refractivity contribution is -0.384. The Kier molecular flexibility index (Phi) is 4.78. The molecular weight excluding hydrogens is 362 g/mol. The van der Waals surface area contributed by atoms with Gasteiger partial charge in [0.05, 0.1) is 25.7 Å². The van der Waals surface area contributed by atoms with Crippen LogP contribution in [0.1, 0.15) is 10.4 Å². The second-order valence-corrected chi connectivity index (χ2v) is 6.51. The summed E-state index contributed by atoms with van der Waals surface area (Å²) in [5.41, 5.74) is 1.04. The van der Waals surface area contributed by atoms with Gasteiger partial charge in [-0.3, -0.25) is 14.9 Å². The smallest absolute Gasteiger partial charge is 0.281 e. The number of carbonyl (C=O) groups is 1. The number of nitrogens with zero attached hydrogens (tertiary/aromatic N) is 3. The fourth-order valence-electron chi connectivity index (χ4n) is 2.35. The van der Waals surface area contributed by atoms with Gasteiger partial charge in [-0.1, -0.05) is 41.1 Å². The minimum atomic E-state index is -0.468. The van der Waals surface area contributed by atoms with E-state index in [9.17, 15) is 14.9 Å². The van der Waals surface area contributed by atoms with E-state index in [1.54, 1.807) is 41.0 Å². The van der Waals surface area contributed by atoms with E-state index in [0.717, 1.165) is 5.52 Å². The van der Waals surface area contributed by atoms with E-state index in [0.29, 0.717) is 26.6 Å². The Balaban J connectivity index is 2.18. The lowest BCUT2D eigenvalue weighted by Crippen LogP contribution is -2.16. The van der Waals surface area contributed by atoms with Crippen LogP contribution in [0.4, 0.5) is 5.69 Å². The molecule has 0 atom stereocenters. The number of nitro groups is 1. The van der Waals surface area contributed by atoms with Gasteiger partial charge in [-0.2, -0.15) is 4.99 Å². The molecule has 6 nitrogen and oxygen atoms in total. The van der Waals surface area contributed by atoms with E-state index in [1.807, 2.05) is 0 Å². The third kappa shape index (κ3) is 3.38. The average molecular weight is 374 g/mol. The van der Waals surface area contributed by atoms with Crippen molar-refractivity contribution >= 4 is 44.7 Å². The summed E-state index contributed by atoms with van der Waals surface area (Å²) in [5.74, 6) is -0.468. The zero-order valence-corrected chi connectivity index (χ0v) is 14.5. The zero-order valence-electron chi connectivity index (χ0n) is 12.9. The highest BCUT2D eigenvalue weighted by Crippen LogP contribution is 2.23. The van der Waals surface area contributed by atoms with Gasteiger partial charge in [0.15, 0.2) is 4.80 Å². The highest BCUT2D eigenvalue weighted by molar-refractivity contribution is 7.16. The molecule has 0 saturated carbocycles. The molecule has 126 valence electrons. The molecular formula is C17H12ClN3O3S. The number of carbonyl (C=O) groups excluding carboxylic acids is 1. The predicted molar refractivity (Wildman–Crippen MR) is 98.0 cm³/mol. The van der Waals surface area contributed by atoms with Crippen LogP contribution in [0, 0.1) is 10.1 Å². The van der Waals surface area contributed by atoms with Crippen LogP contribution in [0.3, 0.4) is 0 Å². The number of allylic oxidation sites excluding steroid dienone is 1. The second kappa shape index (κ2) is 7.00. The molecule has 8 heteroatoms. The first-order valence-electron chi connectivity index (χ1n) is 7.23. The Labute approximate surface area is 151 Å². The van der Waals surface area contributed by atoms with E-state index in [1.165, 1.54) is 23.5 Å². The molecule has 0 saturated heterocycles. The molecule has 3 aromatic rings. The molecule has 0 unspecified atom stereocenters. The summed E-state index contributed by atoms with van der Waals surface area (Å²) in [4.78, 5) is 27.5. The fourth-order valence-corrected chi connectivity index (χ4v) is 3.64. The van der Waals surface area contributed by atoms with Crippen molar-refractivity contribution in [1.82, 2.24) is 4.57 Å². The first kappa shape index (κ1) is 17.1. The number of non-ortho nitro benzene ring substituents is 1. The maximum absolute atomic E-state index is 12.5. The van der Waals surface area contributed by atoms with Gasteiger partial charge < -0.3 is 4.57 Å². The lowest BCUT2D eigenvalue weighted by Gasteiger charge is -2.01. The Bertz CT molecular complexity index is 1070. The summed E-state index contributed by atoms with van der Waals surface area (Å²) in [6.45, 7) is 4.13. The van der Waals surface area contributed by atoms with Crippen molar-refractivity contribution in [2.24, 2.45) is 4.99 Å². The Morgan fingerprint density at radius 3 is 2.80 bits per heavy atom. The van der Waals surface area contributed by atoms with Gasteiger partial charge in [-0.25, -0.2) is 0 Å². The summed E-state index contributed by atoms with van der Waals surface area (Å²) in [7, 11) is 0. The molecule has 0 radical (unpaired) electrons. The SMILES string of the molecule is C=CCn1c(=NC(=O)c2ccccc2Cl)sc2cc([N+](=O)[O-])ccc21. The highest BCUT2D eigenvalue weighted by Gasteiger charge is 2.13. The van der Waals surface area contributed by atoms with Gasteiger partial charge in [0, 0.05) is 18.7 Å². The summed E-state index contributed by atoms with van der Waals surface area (Å²) >= 11 is 7.25. The summed E-state index contributed by atoms with van der Waals surface area (Å²) in [5, 5.41) is 11.3. The average Bonchev–Trinajstić information content (AvgIpc) is 2.92. The fraction of sp³-hybridized carbons (Fsp3) is 0.0588. The summed E-state index contributed by atoms with van der Waals surface area (Å²) in [6, 6.07) is 11.2. The largest absolute Gasteiger partial charge is 0.312 e. The molecule has 1 heterocycles. The van der Waals surface area contributed by atoms with E-state index < -0.39 is 10.8 Å². The van der Waals surface area contributed by atoms with Crippen LogP contribution < -0.4 is 4.80 Å². The van der Waals surface area contributed by atoms with Crippen LogP contribution in [0.2, 0.25) is 5.02 Å². The molecule has 0 aliphatic rings. The van der Waals surface area contributed by atoms with Crippen molar-refractivity contribution in [2.75, 3.05) is 0 Å². The van der Waals surface area contributed by atoms with Crippen molar-refractivity contribution in [3.05, 3.63) is 80.6 Å². The van der Waals surface area contributed by atoms with Crippen molar-refractivity contribution < 1.29 is 9.72 Å². The first-order chi connectivity index (χ1) is 12.0. The number of rotatable bonds is 4. The maximum atomic E-state index is 12.5. The Morgan fingerprint density at radius 1 is 1.36 bits per heavy atom. The molecule has 0 aliphatic carbocycles. The van der Waals surface area contributed by atoms with Gasteiger partial charge in [-0.15, -0.1) is 6.58 Å². The van der Waals surface area contributed by atoms with Crippen LogP contribution in [-0.2, 0) is 6.54 Å². The number of benzene rings is 2. The standard InChI is InChI=1S/C17H12ClN3O3S/c1-2-9-20-14-8-7-11(21(23)24)10-15(14)25-17(20)19-16(22)12-5-3-4-6-13(12)18/h2-8,10H,1,9H2. The number of amides is 1. The number of halogens is 1. The van der Waals surface area contributed by atoms with Crippen molar-refractivity contribution in [2.45, 2.75) is 6.54 Å². The summed E-state index contributed by atoms with van der Waals surface area (Å²) < 4.78 is 2.45. The number of nitro benzene ring substituents is 1. The van der Waals surface area contributed by atoms with Gasteiger partial charge >= 0.3 is 0 Å². The predicted octanol–water partition coefficient (Wildman–Crippen LogP) is 4.19. The number of hydrogen-bond acceptors (Lipinski definition) is 4. The van der Waals surface area contributed by atoms with E-state index in [4.69, 9.17) is 11.6 Å². The van der Waals surface area contributed by atoms with Gasteiger partial charge in [0.1, 0.15) is 0 Å². The van der Waals surface area contributed by atoms with E-state index in [-0.39, 0.29) is 5.69 Å². The van der Waals surface area contributed by atoms with Crippen molar-refractivity contribution in [3.8, 4) is 0 Å². The normalized spacial score (nSPS) is 11.6. The Hall–Kier alpha value is -2.77. The first-order valence-corrected chi connectivity index (χ1v) is 8.43. The van der Waals surface area contributed by atoms with E-state index >= 15 is 0 Å². The Morgan fingerprint density at radius 2 is 2.12 bits per heavy atom. The van der Waals surface area contributed by atoms with Crippen LogP contribution in [0.25, 0.3) is 10.2 Å². The van der Waals surface area contributed by atoms with Crippen LogP contribution in [-0.4, -0.2) is 15.4 Å². The molecule has 0 bridgehead atoms. The highest BCUT2D eigenvalue weighted by atomic mass is 35.5. The number of aromatic nitrogens is 1. The number of fused-ring (bicyclic) bond motifs is 1. The number of thiazole rings is 1. The minimum absolute atomic E-state index is 0.0107. The maximum Gasteiger partial charge on any atom is 0.281 e. The monoisotopic (exact) mass is 373 g/mol. The molecule has 25 heavy (non-hydrogen) atoms. The molecule has 2 aromatic carbocycles. The third-order valence-electron chi connectivity index (χ3n) is 3.49. The molecule has 0 fully saturated rings. The molecule has 0 spiro atoms. The van der Waals surface area contributed by atoms with Crippen molar-refractivity contribution in [3.63, 3.8) is 0 Å². The van der Waals surface area contributed by atoms with Gasteiger partial charge in [0.2, 0.25) is 0 Å². The van der Waals surface area contributed by atoms with Crippen molar-refractivity contribution in [1.29, 1.82) is 0 Å². The molecule has 3 rings (SSSR count). The van der Waals surface area contributed by atoms with Gasteiger partial charge in [-0.05, 0) is 18.2 Å². The third-order valence-corrected chi connectivity index (χ3v) is 4.86.